The van der Waals surface area contributed by atoms with Gasteiger partial charge in [-0.1, -0.05) is 285 Å². The van der Waals surface area contributed by atoms with E-state index in [1.807, 2.05) is 158 Å². The predicted octanol–water partition coefficient (Wildman–Crippen LogP) is 23.1. The fraction of sp³-hybridized carbons (Fsp3) is 0. The number of hydrogen-bond acceptors (Lipinski definition) is 8. The third-order valence-electron chi connectivity index (χ3n) is 19.0. The van der Waals surface area contributed by atoms with Crippen LogP contribution in [0, 0.1) is 0 Å². The zero-order valence-electron chi connectivity index (χ0n) is 53.7. The minimum atomic E-state index is 0.577. The van der Waals surface area contributed by atoms with Gasteiger partial charge < -0.3 is 8.83 Å². The number of furan rings is 2. The van der Waals surface area contributed by atoms with Gasteiger partial charge in [-0.15, -0.1) is 0 Å². The normalized spacial score (nSPS) is 11.6. The number of para-hydroxylation sites is 4. The van der Waals surface area contributed by atoms with Crippen molar-refractivity contribution in [3.05, 3.63) is 340 Å². The van der Waals surface area contributed by atoms with E-state index < -0.39 is 0 Å². The number of aromatic nitrogens is 8. The summed E-state index contributed by atoms with van der Waals surface area (Å²) in [6, 6.07) is 117. The summed E-state index contributed by atoms with van der Waals surface area (Å²) in [5, 5.41) is 9.09. The molecule has 20 aromatic rings. The summed E-state index contributed by atoms with van der Waals surface area (Å²) in [6.45, 7) is 0. The van der Waals surface area contributed by atoms with Crippen LogP contribution in [-0.4, -0.2) is 39.0 Å². The highest BCUT2D eigenvalue weighted by atomic mass is 16.3. The molecule has 100 heavy (non-hydrogen) atoms. The molecule has 0 aliphatic rings. The van der Waals surface area contributed by atoms with Crippen molar-refractivity contribution in [2.75, 3.05) is 0 Å². The highest BCUT2D eigenvalue weighted by Gasteiger charge is 2.22. The lowest BCUT2D eigenvalue weighted by molar-refractivity contribution is 0.668. The highest BCUT2D eigenvalue weighted by Crippen LogP contribution is 2.42. The van der Waals surface area contributed by atoms with Crippen molar-refractivity contribution in [1.82, 2.24) is 39.0 Å². The van der Waals surface area contributed by atoms with E-state index in [9.17, 15) is 0 Å². The van der Waals surface area contributed by atoms with Gasteiger partial charge in [-0.3, -0.25) is 9.13 Å². The molecular formula is C90H56N8O2. The Kier molecular flexibility index (Phi) is 14.0. The van der Waals surface area contributed by atoms with Crippen molar-refractivity contribution >= 4 is 87.5 Å². The van der Waals surface area contributed by atoms with Crippen molar-refractivity contribution in [2.45, 2.75) is 0 Å². The van der Waals surface area contributed by atoms with Gasteiger partial charge in [-0.25, -0.2) is 9.97 Å². The van der Waals surface area contributed by atoms with Gasteiger partial charge in [-0.2, -0.15) is 19.9 Å². The van der Waals surface area contributed by atoms with Gasteiger partial charge >= 0.3 is 0 Å². The topological polar surface area (TPSA) is 113 Å². The van der Waals surface area contributed by atoms with Crippen LogP contribution in [0.1, 0.15) is 0 Å². The lowest BCUT2D eigenvalue weighted by atomic mass is 9.95. The summed E-state index contributed by atoms with van der Waals surface area (Å²) >= 11 is 0. The first-order valence-corrected chi connectivity index (χ1v) is 33.4. The molecule has 10 heteroatoms. The number of nitrogens with zero attached hydrogens (tertiary/aromatic N) is 8. The molecule has 0 bridgehead atoms. The van der Waals surface area contributed by atoms with E-state index in [1.165, 1.54) is 0 Å². The molecule has 0 saturated carbocycles. The first kappa shape index (κ1) is 57.7. The maximum atomic E-state index is 6.22. The van der Waals surface area contributed by atoms with Crippen molar-refractivity contribution in [2.24, 2.45) is 0 Å². The molecule has 0 fully saturated rings. The maximum absolute atomic E-state index is 6.22. The van der Waals surface area contributed by atoms with Crippen LogP contribution in [0.2, 0.25) is 0 Å². The van der Waals surface area contributed by atoms with Crippen LogP contribution in [-0.2, 0) is 0 Å². The van der Waals surface area contributed by atoms with Crippen molar-refractivity contribution < 1.29 is 8.83 Å². The van der Waals surface area contributed by atoms with Gasteiger partial charge in [0.1, 0.15) is 22.3 Å². The van der Waals surface area contributed by atoms with Gasteiger partial charge in [0.25, 0.3) is 0 Å². The van der Waals surface area contributed by atoms with Crippen LogP contribution >= 0.6 is 0 Å². The van der Waals surface area contributed by atoms with Crippen molar-refractivity contribution in [1.29, 1.82) is 0 Å². The van der Waals surface area contributed by atoms with E-state index in [2.05, 4.69) is 191 Å². The average molecular weight is 1280 g/mol. The van der Waals surface area contributed by atoms with Gasteiger partial charge in [0, 0.05) is 65.3 Å². The van der Waals surface area contributed by atoms with Crippen LogP contribution in [0.25, 0.3) is 189 Å². The minimum Gasteiger partial charge on any atom is -0.456 e. The number of fused-ring (bicyclic) bond motifs is 12. The molecule has 10 nitrogen and oxygen atoms in total. The van der Waals surface area contributed by atoms with Crippen molar-refractivity contribution in [3.8, 4) is 102 Å². The molecule has 0 spiro atoms. The number of benzene rings is 14. The summed E-state index contributed by atoms with van der Waals surface area (Å²) < 4.78 is 16.7. The standard InChI is InChI=1S/2C45H28N4O/c1-3-13-29(14-4-1)43-46-44(30-15-5-2-6-16-30)48-45(47-43)49-38-22-9-7-19-35(38)36-26-25-32(28-39(36)49)31-17-11-18-33(27-31)34-21-12-24-41-42(34)37-20-8-10-23-40(37)50-41;1-3-12-31(13-4-1)43-46-44(32-14-5-2-6-15-32)48-45(47-43)49-38-19-9-7-16-35(38)36-27-26-33(28-39(36)49)29-22-24-30(25-23-29)34-18-11-21-41-42(34)37-17-8-10-20-40(37)50-41/h2*1-28H. The zero-order chi connectivity index (χ0) is 66.0. The Morgan fingerprint density at radius 1 is 0.190 bits per heavy atom. The summed E-state index contributed by atoms with van der Waals surface area (Å²) in [7, 11) is 0. The second-order valence-corrected chi connectivity index (χ2v) is 24.9. The second kappa shape index (κ2) is 24.2. The number of rotatable bonds is 10. The Hall–Kier alpha value is -13.7. The first-order valence-electron chi connectivity index (χ1n) is 33.4. The molecule has 0 aliphatic heterocycles. The third kappa shape index (κ3) is 10.1. The molecule has 0 radical (unpaired) electrons. The van der Waals surface area contributed by atoms with E-state index in [0.29, 0.717) is 35.2 Å². The lowest BCUT2D eigenvalue weighted by Crippen LogP contribution is -2.06. The van der Waals surface area contributed by atoms with E-state index in [4.69, 9.17) is 38.7 Å². The van der Waals surface area contributed by atoms with Gasteiger partial charge in [0.2, 0.25) is 11.9 Å². The molecule has 0 aliphatic carbocycles. The van der Waals surface area contributed by atoms with Crippen LogP contribution < -0.4 is 0 Å². The van der Waals surface area contributed by atoms with Crippen molar-refractivity contribution in [3.63, 3.8) is 0 Å². The van der Waals surface area contributed by atoms with E-state index in [0.717, 1.165) is 154 Å². The fourth-order valence-electron chi connectivity index (χ4n) is 14.3. The average Bonchev–Trinajstić information content (AvgIpc) is 1.60. The summed E-state index contributed by atoms with van der Waals surface area (Å²) in [6.07, 6.45) is 0. The van der Waals surface area contributed by atoms with E-state index >= 15 is 0 Å². The minimum absolute atomic E-state index is 0.577. The maximum Gasteiger partial charge on any atom is 0.238 e. The van der Waals surface area contributed by atoms with Crippen LogP contribution in [0.15, 0.2) is 349 Å². The van der Waals surface area contributed by atoms with Crippen LogP contribution in [0.5, 0.6) is 0 Å². The number of hydrogen-bond donors (Lipinski definition) is 0. The molecule has 0 N–H and O–H groups in total. The van der Waals surface area contributed by atoms with Crippen LogP contribution in [0.4, 0.5) is 0 Å². The Labute approximate surface area is 573 Å². The SMILES string of the molecule is c1ccc(-c2nc(-c3ccccc3)nc(-n3c4ccccc4c4ccc(-c5ccc(-c6cccc7oc8ccccc8c67)cc5)cc43)n2)cc1.c1ccc(-c2nc(-c3ccccc3)nc(-n3c4ccccc4c4ccc(-c5cccc(-c6cccc7oc8ccccc8c67)c5)cc43)n2)cc1. The molecule has 0 saturated heterocycles. The smallest absolute Gasteiger partial charge is 0.238 e. The Morgan fingerprint density at radius 2 is 0.500 bits per heavy atom. The Morgan fingerprint density at radius 3 is 0.950 bits per heavy atom. The van der Waals surface area contributed by atoms with Crippen LogP contribution in [0.3, 0.4) is 0 Å². The van der Waals surface area contributed by atoms with E-state index in [1.54, 1.807) is 0 Å². The summed E-state index contributed by atoms with van der Waals surface area (Å²) in [5.41, 5.74) is 20.5. The quantitative estimate of drug-likeness (QED) is 0.133. The fourth-order valence-corrected chi connectivity index (χ4v) is 14.3. The molecular weight excluding hydrogens is 1230 g/mol. The predicted molar refractivity (Wildman–Crippen MR) is 406 cm³/mol. The molecule has 468 valence electrons. The highest BCUT2D eigenvalue weighted by molar-refractivity contribution is 6.15. The molecule has 0 unspecified atom stereocenters. The van der Waals surface area contributed by atoms with Gasteiger partial charge in [0.05, 0.1) is 22.1 Å². The molecule has 14 aromatic carbocycles. The van der Waals surface area contributed by atoms with Gasteiger partial charge in [0.15, 0.2) is 23.3 Å². The second-order valence-electron chi connectivity index (χ2n) is 24.9. The summed E-state index contributed by atoms with van der Waals surface area (Å²) in [4.78, 5) is 30.3. The molecule has 6 heterocycles. The molecule has 0 amide bonds. The third-order valence-corrected chi connectivity index (χ3v) is 19.0. The molecule has 0 atom stereocenters. The zero-order valence-corrected chi connectivity index (χ0v) is 53.7. The molecule has 20 rings (SSSR count). The summed E-state index contributed by atoms with van der Waals surface area (Å²) in [5.74, 6) is 3.68. The largest absolute Gasteiger partial charge is 0.456 e. The monoisotopic (exact) mass is 1280 g/mol. The molecule has 6 aromatic heterocycles. The van der Waals surface area contributed by atoms with E-state index in [-0.39, 0.29) is 0 Å². The Balaban J connectivity index is 0.000000139. The first-order chi connectivity index (χ1) is 49.6. The lowest BCUT2D eigenvalue weighted by Gasteiger charge is -2.12. The Bertz CT molecular complexity index is 6400. The van der Waals surface area contributed by atoms with Gasteiger partial charge in [-0.05, 0) is 99.1 Å².